The normalized spacial score (nSPS) is 20.1. The summed E-state index contributed by atoms with van der Waals surface area (Å²) >= 11 is 12.4. The molecule has 1 aliphatic rings. The highest BCUT2D eigenvalue weighted by atomic mass is 35.5. The molecule has 0 aliphatic carbocycles. The molecule has 0 amide bonds. The number of nitrogens with zero attached hydrogens (tertiary/aromatic N) is 1. The van der Waals surface area contributed by atoms with Gasteiger partial charge < -0.3 is 10.1 Å². The van der Waals surface area contributed by atoms with Crippen LogP contribution in [0.4, 0.5) is 0 Å². The minimum Gasteiger partial charge on any atom is -0.383 e. The zero-order valence-corrected chi connectivity index (χ0v) is 14.3. The van der Waals surface area contributed by atoms with E-state index in [1.165, 1.54) is 12.8 Å². The Morgan fingerprint density at radius 3 is 2.86 bits per heavy atom. The predicted octanol–water partition coefficient (Wildman–Crippen LogP) is 3.75. The van der Waals surface area contributed by atoms with E-state index in [1.807, 2.05) is 18.2 Å². The van der Waals surface area contributed by atoms with Gasteiger partial charge in [-0.3, -0.25) is 4.90 Å². The minimum atomic E-state index is 0.243. The Morgan fingerprint density at radius 2 is 2.24 bits per heavy atom. The van der Waals surface area contributed by atoms with Crippen molar-refractivity contribution in [2.45, 2.75) is 31.8 Å². The summed E-state index contributed by atoms with van der Waals surface area (Å²) in [5.74, 6) is 0. The number of halogens is 2. The molecule has 1 heterocycles. The predicted molar refractivity (Wildman–Crippen MR) is 89.4 cm³/mol. The number of benzene rings is 1. The minimum absolute atomic E-state index is 0.243. The second kappa shape index (κ2) is 8.35. The van der Waals surface area contributed by atoms with Gasteiger partial charge in [0.15, 0.2) is 0 Å². The van der Waals surface area contributed by atoms with E-state index in [-0.39, 0.29) is 6.04 Å². The number of rotatable bonds is 7. The van der Waals surface area contributed by atoms with Gasteiger partial charge in [0.1, 0.15) is 0 Å². The average Bonchev–Trinajstić information content (AvgIpc) is 2.95. The average molecular weight is 331 g/mol. The molecule has 2 atom stereocenters. The first-order valence-corrected chi connectivity index (χ1v) is 8.28. The molecule has 2 unspecified atom stereocenters. The zero-order valence-electron chi connectivity index (χ0n) is 12.7. The topological polar surface area (TPSA) is 24.5 Å². The van der Waals surface area contributed by atoms with Crippen molar-refractivity contribution in [2.75, 3.05) is 33.4 Å². The van der Waals surface area contributed by atoms with Gasteiger partial charge in [0, 0.05) is 42.3 Å². The fourth-order valence-corrected chi connectivity index (χ4v) is 3.45. The van der Waals surface area contributed by atoms with E-state index in [0.717, 1.165) is 36.8 Å². The van der Waals surface area contributed by atoms with Crippen molar-refractivity contribution in [1.82, 2.24) is 10.2 Å². The van der Waals surface area contributed by atoms with Crippen molar-refractivity contribution in [3.8, 4) is 0 Å². The van der Waals surface area contributed by atoms with Crippen molar-refractivity contribution in [1.29, 1.82) is 0 Å². The lowest BCUT2D eigenvalue weighted by molar-refractivity contribution is 0.118. The van der Waals surface area contributed by atoms with Crippen molar-refractivity contribution < 1.29 is 4.74 Å². The van der Waals surface area contributed by atoms with Crippen LogP contribution in [0.2, 0.25) is 10.0 Å². The second-order valence-electron chi connectivity index (χ2n) is 5.62. The van der Waals surface area contributed by atoms with Crippen LogP contribution >= 0.6 is 23.2 Å². The van der Waals surface area contributed by atoms with E-state index >= 15 is 0 Å². The summed E-state index contributed by atoms with van der Waals surface area (Å²) < 4.78 is 5.26. The lowest BCUT2D eigenvalue weighted by Gasteiger charge is -2.32. The summed E-state index contributed by atoms with van der Waals surface area (Å²) in [4.78, 5) is 2.43. The molecule has 1 aliphatic heterocycles. The molecule has 5 heteroatoms. The molecule has 0 aromatic heterocycles. The van der Waals surface area contributed by atoms with Gasteiger partial charge in [-0.2, -0.15) is 0 Å². The van der Waals surface area contributed by atoms with Gasteiger partial charge in [-0.05, 0) is 44.0 Å². The molecule has 118 valence electrons. The smallest absolute Gasteiger partial charge is 0.0589 e. The van der Waals surface area contributed by atoms with Gasteiger partial charge in [0.25, 0.3) is 0 Å². The van der Waals surface area contributed by atoms with Crippen LogP contribution in [-0.4, -0.2) is 44.3 Å². The highest BCUT2D eigenvalue weighted by Gasteiger charge is 2.23. The van der Waals surface area contributed by atoms with E-state index < -0.39 is 0 Å². The van der Waals surface area contributed by atoms with Crippen LogP contribution in [-0.2, 0) is 4.74 Å². The zero-order chi connectivity index (χ0) is 15.2. The Bertz CT molecular complexity index is 450. The number of hydrogen-bond acceptors (Lipinski definition) is 3. The van der Waals surface area contributed by atoms with E-state index in [0.29, 0.717) is 11.1 Å². The Labute approximate surface area is 137 Å². The molecular formula is C16H24Cl2N2O. The van der Waals surface area contributed by atoms with Gasteiger partial charge in [-0.1, -0.05) is 29.3 Å². The molecule has 0 radical (unpaired) electrons. The van der Waals surface area contributed by atoms with Gasteiger partial charge in [0.05, 0.1) is 6.61 Å². The van der Waals surface area contributed by atoms with Crippen molar-refractivity contribution in [3.05, 3.63) is 33.8 Å². The molecule has 0 spiro atoms. The maximum Gasteiger partial charge on any atom is 0.0589 e. The maximum absolute atomic E-state index is 6.36. The number of hydrogen-bond donors (Lipinski definition) is 1. The first-order chi connectivity index (χ1) is 10.1. The fraction of sp³-hybridized carbons (Fsp3) is 0.625. The Hall–Kier alpha value is -0.320. The van der Waals surface area contributed by atoms with Gasteiger partial charge in [-0.25, -0.2) is 0 Å². The lowest BCUT2D eigenvalue weighted by Crippen LogP contribution is -2.40. The van der Waals surface area contributed by atoms with Crippen LogP contribution in [0.15, 0.2) is 18.2 Å². The first-order valence-electron chi connectivity index (χ1n) is 7.53. The van der Waals surface area contributed by atoms with Gasteiger partial charge >= 0.3 is 0 Å². The van der Waals surface area contributed by atoms with Crippen molar-refractivity contribution in [3.63, 3.8) is 0 Å². The summed E-state index contributed by atoms with van der Waals surface area (Å²) in [6.07, 6.45) is 2.50. The largest absolute Gasteiger partial charge is 0.383 e. The third-order valence-electron chi connectivity index (χ3n) is 4.16. The van der Waals surface area contributed by atoms with Crippen molar-refractivity contribution in [2.24, 2.45) is 0 Å². The van der Waals surface area contributed by atoms with Crippen LogP contribution in [0, 0.1) is 0 Å². The van der Waals surface area contributed by atoms with E-state index in [9.17, 15) is 0 Å². The first kappa shape index (κ1) is 17.0. The molecule has 1 saturated heterocycles. The summed E-state index contributed by atoms with van der Waals surface area (Å²) in [6.45, 7) is 5.96. The Morgan fingerprint density at radius 1 is 1.43 bits per heavy atom. The standard InChI is InChI=1S/C16H24Cl2N2O/c1-12(15-6-5-13(17)10-16(15)18)20(8-9-21-2)11-14-4-3-7-19-14/h5-6,10,12,14,19H,3-4,7-9,11H2,1-2H3. The quantitative estimate of drug-likeness (QED) is 0.823. The summed E-state index contributed by atoms with van der Waals surface area (Å²) in [5.41, 5.74) is 1.12. The van der Waals surface area contributed by atoms with Gasteiger partial charge in [-0.15, -0.1) is 0 Å². The third kappa shape index (κ3) is 4.83. The van der Waals surface area contributed by atoms with Crippen molar-refractivity contribution >= 4 is 23.2 Å². The van der Waals surface area contributed by atoms with Crippen LogP contribution < -0.4 is 5.32 Å². The number of methoxy groups -OCH3 is 1. The number of nitrogens with one attached hydrogen (secondary N) is 1. The molecular weight excluding hydrogens is 307 g/mol. The summed E-state index contributed by atoms with van der Waals surface area (Å²) in [5, 5.41) is 4.97. The van der Waals surface area contributed by atoms with E-state index in [2.05, 4.69) is 17.1 Å². The highest BCUT2D eigenvalue weighted by Crippen LogP contribution is 2.30. The molecule has 2 rings (SSSR count). The SMILES string of the molecule is COCCN(CC1CCCN1)C(C)c1ccc(Cl)cc1Cl. The number of ether oxygens (including phenoxy) is 1. The molecule has 1 fully saturated rings. The fourth-order valence-electron chi connectivity index (χ4n) is 2.88. The third-order valence-corrected chi connectivity index (χ3v) is 4.72. The highest BCUT2D eigenvalue weighted by molar-refractivity contribution is 6.35. The maximum atomic E-state index is 6.36. The van der Waals surface area contributed by atoms with E-state index in [4.69, 9.17) is 27.9 Å². The molecule has 0 saturated carbocycles. The van der Waals surface area contributed by atoms with Gasteiger partial charge in [0.2, 0.25) is 0 Å². The molecule has 1 aromatic carbocycles. The van der Waals surface area contributed by atoms with Crippen LogP contribution in [0.25, 0.3) is 0 Å². The summed E-state index contributed by atoms with van der Waals surface area (Å²) in [7, 11) is 1.74. The second-order valence-corrected chi connectivity index (χ2v) is 6.47. The van der Waals surface area contributed by atoms with Crippen LogP contribution in [0.3, 0.4) is 0 Å². The summed E-state index contributed by atoms with van der Waals surface area (Å²) in [6, 6.07) is 6.55. The van der Waals surface area contributed by atoms with Crippen LogP contribution in [0.1, 0.15) is 31.4 Å². The monoisotopic (exact) mass is 330 g/mol. The van der Waals surface area contributed by atoms with Crippen LogP contribution in [0.5, 0.6) is 0 Å². The molecule has 3 nitrogen and oxygen atoms in total. The lowest BCUT2D eigenvalue weighted by atomic mass is 10.1. The molecule has 1 N–H and O–H groups in total. The molecule has 1 aromatic rings. The molecule has 21 heavy (non-hydrogen) atoms. The van der Waals surface area contributed by atoms with E-state index in [1.54, 1.807) is 7.11 Å². The Balaban J connectivity index is 2.09. The molecule has 0 bridgehead atoms. The Kier molecular flexibility index (Phi) is 6.77.